The first-order valence-electron chi connectivity index (χ1n) is 7.97. The van der Waals surface area contributed by atoms with Gasteiger partial charge in [-0.25, -0.2) is 14.4 Å². The maximum Gasteiger partial charge on any atom is 0.275 e. The van der Waals surface area contributed by atoms with E-state index in [0.717, 1.165) is 0 Å². The number of methoxy groups -OCH3 is 2. The van der Waals surface area contributed by atoms with Gasteiger partial charge in [0.25, 0.3) is 5.91 Å². The Kier molecular flexibility index (Phi) is 5.46. The summed E-state index contributed by atoms with van der Waals surface area (Å²) in [5.74, 6) is 0.522. The molecule has 0 saturated heterocycles. The summed E-state index contributed by atoms with van der Waals surface area (Å²) in [6, 6.07) is 11.2. The van der Waals surface area contributed by atoms with Crippen LogP contribution in [0.3, 0.4) is 0 Å². The largest absolute Gasteiger partial charge is 0.493 e. The van der Waals surface area contributed by atoms with E-state index in [0.29, 0.717) is 23.0 Å². The van der Waals surface area contributed by atoms with Crippen LogP contribution in [0.15, 0.2) is 54.9 Å². The molecule has 8 heteroatoms. The van der Waals surface area contributed by atoms with E-state index >= 15 is 0 Å². The minimum absolute atomic E-state index is 0.115. The molecule has 0 aliphatic rings. The van der Waals surface area contributed by atoms with Gasteiger partial charge >= 0.3 is 0 Å². The van der Waals surface area contributed by atoms with Gasteiger partial charge in [0.2, 0.25) is 0 Å². The molecule has 0 fully saturated rings. The van der Waals surface area contributed by atoms with Gasteiger partial charge in [0.1, 0.15) is 17.3 Å². The first kappa shape index (κ1) is 18.1. The lowest BCUT2D eigenvalue weighted by molar-refractivity contribution is 0.102. The third-order valence-electron chi connectivity index (χ3n) is 3.66. The Balaban J connectivity index is 1.70. The molecule has 2 aromatic carbocycles. The number of benzene rings is 2. The Morgan fingerprint density at radius 2 is 1.78 bits per heavy atom. The Morgan fingerprint density at radius 3 is 2.44 bits per heavy atom. The van der Waals surface area contributed by atoms with Crippen LogP contribution in [0.4, 0.5) is 21.6 Å². The fourth-order valence-electron chi connectivity index (χ4n) is 2.32. The van der Waals surface area contributed by atoms with Crippen LogP contribution in [0, 0.1) is 5.82 Å². The number of carbonyl (C=O) groups is 1. The van der Waals surface area contributed by atoms with Gasteiger partial charge in [-0.05, 0) is 24.3 Å². The molecular formula is C19H17FN4O3. The standard InChI is InChI=1S/C19H17FN4O3/c1-26-16-8-7-12(9-17(16)27-2)23-19(25)15-10-22-18(11-21-15)24-14-6-4-3-5-13(14)20/h3-11H,1-2H3,(H,22,24)(H,23,25). The lowest BCUT2D eigenvalue weighted by atomic mass is 10.2. The Bertz CT molecular complexity index is 948. The fraction of sp³-hybridized carbons (Fsp3) is 0.105. The lowest BCUT2D eigenvalue weighted by Gasteiger charge is -2.10. The zero-order valence-corrected chi connectivity index (χ0v) is 14.7. The van der Waals surface area contributed by atoms with Gasteiger partial charge in [-0.15, -0.1) is 0 Å². The Morgan fingerprint density at radius 1 is 1.00 bits per heavy atom. The molecule has 27 heavy (non-hydrogen) atoms. The molecule has 3 aromatic rings. The number of hydrogen-bond acceptors (Lipinski definition) is 6. The van der Waals surface area contributed by atoms with E-state index in [-0.39, 0.29) is 11.4 Å². The second kappa shape index (κ2) is 8.13. The van der Waals surface area contributed by atoms with Crippen molar-refractivity contribution in [3.8, 4) is 11.5 Å². The van der Waals surface area contributed by atoms with Crippen molar-refractivity contribution in [1.29, 1.82) is 0 Å². The third kappa shape index (κ3) is 4.30. The van der Waals surface area contributed by atoms with Crippen molar-refractivity contribution in [1.82, 2.24) is 9.97 Å². The molecule has 0 radical (unpaired) electrons. The molecule has 0 atom stereocenters. The van der Waals surface area contributed by atoms with Crippen LogP contribution in [0.2, 0.25) is 0 Å². The van der Waals surface area contributed by atoms with Crippen molar-refractivity contribution >= 4 is 23.1 Å². The maximum absolute atomic E-state index is 13.6. The number of nitrogens with one attached hydrogen (secondary N) is 2. The molecule has 0 unspecified atom stereocenters. The van der Waals surface area contributed by atoms with Crippen molar-refractivity contribution in [2.75, 3.05) is 24.9 Å². The average molecular weight is 368 g/mol. The van der Waals surface area contributed by atoms with E-state index in [1.165, 1.54) is 32.7 Å². The van der Waals surface area contributed by atoms with E-state index < -0.39 is 11.7 Å². The number of carbonyl (C=O) groups excluding carboxylic acids is 1. The zero-order chi connectivity index (χ0) is 19.2. The molecular weight excluding hydrogens is 351 g/mol. The number of amides is 1. The van der Waals surface area contributed by atoms with Crippen LogP contribution >= 0.6 is 0 Å². The molecule has 1 amide bonds. The van der Waals surface area contributed by atoms with Crippen molar-refractivity contribution in [2.24, 2.45) is 0 Å². The molecule has 0 saturated carbocycles. The summed E-state index contributed by atoms with van der Waals surface area (Å²) in [5.41, 5.74) is 0.909. The number of nitrogens with zero attached hydrogens (tertiary/aromatic N) is 2. The van der Waals surface area contributed by atoms with Crippen molar-refractivity contribution in [2.45, 2.75) is 0 Å². The van der Waals surface area contributed by atoms with Gasteiger partial charge < -0.3 is 20.1 Å². The number of anilines is 3. The normalized spacial score (nSPS) is 10.2. The summed E-state index contributed by atoms with van der Waals surface area (Å²) < 4.78 is 24.0. The monoisotopic (exact) mass is 368 g/mol. The summed E-state index contributed by atoms with van der Waals surface area (Å²) in [7, 11) is 3.04. The van der Waals surface area contributed by atoms with Crippen LogP contribution in [0.5, 0.6) is 11.5 Å². The van der Waals surface area contributed by atoms with E-state index in [1.807, 2.05) is 0 Å². The molecule has 0 spiro atoms. The Hall–Kier alpha value is -3.68. The minimum atomic E-state index is -0.438. The number of hydrogen-bond donors (Lipinski definition) is 2. The van der Waals surface area contributed by atoms with Gasteiger partial charge in [-0.2, -0.15) is 0 Å². The third-order valence-corrected chi connectivity index (χ3v) is 3.66. The van der Waals surface area contributed by atoms with E-state index in [1.54, 1.807) is 36.4 Å². The number of aromatic nitrogens is 2. The smallest absolute Gasteiger partial charge is 0.275 e. The Labute approximate surface area is 155 Å². The average Bonchev–Trinajstić information content (AvgIpc) is 2.70. The molecule has 2 N–H and O–H groups in total. The van der Waals surface area contributed by atoms with E-state index in [2.05, 4.69) is 20.6 Å². The van der Waals surface area contributed by atoms with Crippen LogP contribution in [0.1, 0.15) is 10.5 Å². The van der Waals surface area contributed by atoms with Crippen LogP contribution in [-0.4, -0.2) is 30.1 Å². The van der Waals surface area contributed by atoms with Gasteiger partial charge in [-0.1, -0.05) is 12.1 Å². The van der Waals surface area contributed by atoms with E-state index in [9.17, 15) is 9.18 Å². The van der Waals surface area contributed by atoms with Gasteiger partial charge in [0.15, 0.2) is 11.5 Å². The molecule has 138 valence electrons. The second-order valence-electron chi connectivity index (χ2n) is 5.42. The topological polar surface area (TPSA) is 85.4 Å². The van der Waals surface area contributed by atoms with Crippen molar-refractivity contribution in [3.05, 3.63) is 66.4 Å². The molecule has 0 aliphatic carbocycles. The molecule has 3 rings (SSSR count). The number of rotatable bonds is 6. The SMILES string of the molecule is COc1ccc(NC(=O)c2cnc(Nc3ccccc3F)cn2)cc1OC. The highest BCUT2D eigenvalue weighted by molar-refractivity contribution is 6.02. The number of ether oxygens (including phenoxy) is 2. The molecule has 0 aliphatic heterocycles. The second-order valence-corrected chi connectivity index (χ2v) is 5.42. The van der Waals surface area contributed by atoms with Crippen molar-refractivity contribution in [3.63, 3.8) is 0 Å². The molecule has 1 aromatic heterocycles. The zero-order valence-electron chi connectivity index (χ0n) is 14.7. The van der Waals surface area contributed by atoms with Crippen LogP contribution < -0.4 is 20.1 Å². The maximum atomic E-state index is 13.6. The van der Waals surface area contributed by atoms with Crippen LogP contribution in [0.25, 0.3) is 0 Å². The van der Waals surface area contributed by atoms with Gasteiger partial charge in [0, 0.05) is 11.8 Å². The quantitative estimate of drug-likeness (QED) is 0.691. The van der Waals surface area contributed by atoms with E-state index in [4.69, 9.17) is 9.47 Å². The summed E-state index contributed by atoms with van der Waals surface area (Å²) >= 11 is 0. The first-order chi connectivity index (χ1) is 13.1. The first-order valence-corrected chi connectivity index (χ1v) is 7.97. The van der Waals surface area contributed by atoms with Gasteiger partial charge in [0.05, 0.1) is 32.3 Å². The lowest BCUT2D eigenvalue weighted by Crippen LogP contribution is -2.14. The molecule has 0 bridgehead atoms. The summed E-state index contributed by atoms with van der Waals surface area (Å²) in [4.78, 5) is 20.5. The predicted molar refractivity (Wildman–Crippen MR) is 99.2 cm³/mol. The predicted octanol–water partition coefficient (Wildman–Crippen LogP) is 3.63. The molecule has 1 heterocycles. The summed E-state index contributed by atoms with van der Waals surface area (Å²) in [5, 5.41) is 5.51. The van der Waals surface area contributed by atoms with Crippen LogP contribution in [-0.2, 0) is 0 Å². The minimum Gasteiger partial charge on any atom is -0.493 e. The molecule has 7 nitrogen and oxygen atoms in total. The summed E-state index contributed by atoms with van der Waals surface area (Å²) in [6.07, 6.45) is 2.66. The highest BCUT2D eigenvalue weighted by atomic mass is 19.1. The fourth-order valence-corrected chi connectivity index (χ4v) is 2.32. The highest BCUT2D eigenvalue weighted by Crippen LogP contribution is 2.29. The highest BCUT2D eigenvalue weighted by Gasteiger charge is 2.11. The summed E-state index contributed by atoms with van der Waals surface area (Å²) in [6.45, 7) is 0. The number of para-hydroxylation sites is 1. The van der Waals surface area contributed by atoms with Gasteiger partial charge in [-0.3, -0.25) is 4.79 Å². The van der Waals surface area contributed by atoms with Crippen molar-refractivity contribution < 1.29 is 18.7 Å². The number of halogens is 1.